The second-order valence-electron chi connectivity index (χ2n) is 3.93. The molecule has 1 aromatic heterocycles. The van der Waals surface area contributed by atoms with E-state index in [2.05, 4.69) is 9.97 Å². The zero-order valence-electron chi connectivity index (χ0n) is 8.65. The van der Waals surface area contributed by atoms with Crippen LogP contribution >= 0.6 is 0 Å². The average molecular weight is 208 g/mol. The van der Waals surface area contributed by atoms with Gasteiger partial charge >= 0.3 is 0 Å². The van der Waals surface area contributed by atoms with Crippen LogP contribution in [0.3, 0.4) is 0 Å². The number of anilines is 1. The van der Waals surface area contributed by atoms with E-state index in [-0.39, 0.29) is 5.56 Å². The van der Waals surface area contributed by atoms with Crippen molar-refractivity contribution in [2.75, 3.05) is 24.5 Å². The van der Waals surface area contributed by atoms with Crippen LogP contribution in [-0.2, 0) is 0 Å². The molecule has 0 aliphatic carbocycles. The van der Waals surface area contributed by atoms with Gasteiger partial charge < -0.3 is 15.6 Å². The third-order valence-corrected chi connectivity index (χ3v) is 2.84. The van der Waals surface area contributed by atoms with E-state index in [1.54, 1.807) is 12.4 Å². The van der Waals surface area contributed by atoms with Crippen LogP contribution in [0, 0.1) is 5.92 Å². The summed E-state index contributed by atoms with van der Waals surface area (Å²) < 4.78 is 0. The maximum Gasteiger partial charge on any atom is 0.290 e. The molecule has 82 valence electrons. The summed E-state index contributed by atoms with van der Waals surface area (Å²) >= 11 is 0. The van der Waals surface area contributed by atoms with E-state index in [9.17, 15) is 4.79 Å². The molecule has 1 aliphatic heterocycles. The third-order valence-electron chi connectivity index (χ3n) is 2.84. The Balaban J connectivity index is 2.17. The smallest absolute Gasteiger partial charge is 0.290 e. The highest BCUT2D eigenvalue weighted by atomic mass is 16.1. The standard InChI is InChI=1S/C10H16N4O/c11-6-8-2-1-5-14(7-8)9-10(15)13-4-3-12-9/h3-4,8H,1-2,5-7,11H2,(H,13,15)/t8-/m0/s1. The van der Waals surface area contributed by atoms with Gasteiger partial charge in [-0.25, -0.2) is 4.98 Å². The fraction of sp³-hybridized carbons (Fsp3) is 0.600. The second-order valence-corrected chi connectivity index (χ2v) is 3.93. The van der Waals surface area contributed by atoms with Crippen LogP contribution in [0.4, 0.5) is 5.82 Å². The van der Waals surface area contributed by atoms with Crippen molar-refractivity contribution in [3.8, 4) is 0 Å². The molecule has 2 heterocycles. The van der Waals surface area contributed by atoms with Crippen LogP contribution in [0.5, 0.6) is 0 Å². The molecule has 15 heavy (non-hydrogen) atoms. The van der Waals surface area contributed by atoms with Gasteiger partial charge in [-0.3, -0.25) is 4.79 Å². The largest absolute Gasteiger partial charge is 0.352 e. The molecule has 3 N–H and O–H groups in total. The number of rotatable bonds is 2. The van der Waals surface area contributed by atoms with Crippen molar-refractivity contribution in [1.82, 2.24) is 9.97 Å². The zero-order chi connectivity index (χ0) is 10.7. The van der Waals surface area contributed by atoms with Gasteiger partial charge in [-0.05, 0) is 25.3 Å². The lowest BCUT2D eigenvalue weighted by atomic mass is 9.98. The number of nitrogens with two attached hydrogens (primary N) is 1. The fourth-order valence-electron chi connectivity index (χ4n) is 2.02. The van der Waals surface area contributed by atoms with Crippen LogP contribution in [0.25, 0.3) is 0 Å². The van der Waals surface area contributed by atoms with Gasteiger partial charge in [0.05, 0.1) is 0 Å². The molecule has 5 nitrogen and oxygen atoms in total. The monoisotopic (exact) mass is 208 g/mol. The van der Waals surface area contributed by atoms with E-state index >= 15 is 0 Å². The zero-order valence-corrected chi connectivity index (χ0v) is 8.65. The molecular weight excluding hydrogens is 192 g/mol. The van der Waals surface area contributed by atoms with Crippen LogP contribution in [0.15, 0.2) is 17.2 Å². The lowest BCUT2D eigenvalue weighted by molar-refractivity contribution is 0.421. The highest BCUT2D eigenvalue weighted by Gasteiger charge is 2.21. The van der Waals surface area contributed by atoms with Crippen molar-refractivity contribution in [3.63, 3.8) is 0 Å². The first-order valence-electron chi connectivity index (χ1n) is 5.30. The molecule has 0 bridgehead atoms. The molecule has 0 unspecified atom stereocenters. The lowest BCUT2D eigenvalue weighted by Gasteiger charge is -2.32. The van der Waals surface area contributed by atoms with Gasteiger partial charge in [-0.1, -0.05) is 0 Å². The molecule has 1 fully saturated rings. The minimum atomic E-state index is -0.116. The molecule has 0 radical (unpaired) electrons. The molecule has 0 amide bonds. The molecule has 1 aromatic rings. The van der Waals surface area contributed by atoms with Gasteiger partial charge in [0, 0.05) is 25.5 Å². The predicted molar refractivity (Wildman–Crippen MR) is 58.8 cm³/mol. The number of nitrogens with zero attached hydrogens (tertiary/aromatic N) is 2. The summed E-state index contributed by atoms with van der Waals surface area (Å²) in [5.41, 5.74) is 5.53. The summed E-state index contributed by atoms with van der Waals surface area (Å²) in [4.78, 5) is 20.3. The summed E-state index contributed by atoms with van der Waals surface area (Å²) in [5, 5.41) is 0. The summed E-state index contributed by atoms with van der Waals surface area (Å²) in [7, 11) is 0. The van der Waals surface area contributed by atoms with Crippen LogP contribution < -0.4 is 16.2 Å². The molecule has 2 rings (SSSR count). The Labute approximate surface area is 88.3 Å². The number of nitrogens with one attached hydrogen (secondary N) is 1. The molecule has 5 heteroatoms. The Morgan fingerprint density at radius 1 is 1.67 bits per heavy atom. The number of piperidine rings is 1. The maximum atomic E-state index is 11.5. The molecular formula is C10H16N4O. The topological polar surface area (TPSA) is 75.0 Å². The highest BCUT2D eigenvalue weighted by Crippen LogP contribution is 2.17. The molecule has 0 aromatic carbocycles. The van der Waals surface area contributed by atoms with E-state index in [0.29, 0.717) is 18.3 Å². The summed E-state index contributed by atoms with van der Waals surface area (Å²) in [5.74, 6) is 1.01. The van der Waals surface area contributed by atoms with Crippen molar-refractivity contribution < 1.29 is 0 Å². The number of hydrogen-bond acceptors (Lipinski definition) is 4. The number of H-pyrrole nitrogens is 1. The number of hydrogen-bond donors (Lipinski definition) is 2. The van der Waals surface area contributed by atoms with E-state index in [1.807, 2.05) is 4.90 Å². The molecule has 1 saturated heterocycles. The highest BCUT2D eigenvalue weighted by molar-refractivity contribution is 5.35. The number of aromatic amines is 1. The van der Waals surface area contributed by atoms with E-state index in [4.69, 9.17) is 5.73 Å². The average Bonchev–Trinajstić information content (AvgIpc) is 2.30. The Hall–Kier alpha value is -1.36. The van der Waals surface area contributed by atoms with Crippen molar-refractivity contribution in [3.05, 3.63) is 22.7 Å². The molecule has 0 spiro atoms. The van der Waals surface area contributed by atoms with Gasteiger partial charge in [0.15, 0.2) is 5.82 Å². The van der Waals surface area contributed by atoms with Gasteiger partial charge in [-0.2, -0.15) is 0 Å². The van der Waals surface area contributed by atoms with Crippen molar-refractivity contribution in [1.29, 1.82) is 0 Å². The Bertz CT molecular complexity index is 376. The third kappa shape index (κ3) is 2.18. The van der Waals surface area contributed by atoms with Crippen molar-refractivity contribution >= 4 is 5.82 Å². The minimum Gasteiger partial charge on any atom is -0.352 e. The van der Waals surface area contributed by atoms with Crippen LogP contribution in [0.2, 0.25) is 0 Å². The minimum absolute atomic E-state index is 0.116. The fourth-order valence-corrected chi connectivity index (χ4v) is 2.02. The van der Waals surface area contributed by atoms with Crippen LogP contribution in [0.1, 0.15) is 12.8 Å². The lowest BCUT2D eigenvalue weighted by Crippen LogP contribution is -2.41. The van der Waals surface area contributed by atoms with Gasteiger partial charge in [0.2, 0.25) is 0 Å². The first-order valence-corrected chi connectivity index (χ1v) is 5.30. The van der Waals surface area contributed by atoms with Gasteiger partial charge in [0.1, 0.15) is 0 Å². The van der Waals surface area contributed by atoms with E-state index < -0.39 is 0 Å². The van der Waals surface area contributed by atoms with Crippen molar-refractivity contribution in [2.45, 2.75) is 12.8 Å². The van der Waals surface area contributed by atoms with E-state index in [0.717, 1.165) is 25.9 Å². The van der Waals surface area contributed by atoms with Crippen LogP contribution in [-0.4, -0.2) is 29.6 Å². The predicted octanol–water partition coefficient (Wildman–Crippen LogP) is -0.0550. The Morgan fingerprint density at radius 2 is 2.53 bits per heavy atom. The molecule has 1 aliphatic rings. The molecule has 1 atom stereocenters. The summed E-state index contributed by atoms with van der Waals surface area (Å²) in [6.45, 7) is 2.43. The van der Waals surface area contributed by atoms with Gasteiger partial charge in [0.25, 0.3) is 5.56 Å². The SMILES string of the molecule is NC[C@@H]1CCCN(c2ncc[nH]c2=O)C1. The normalized spacial score (nSPS) is 21.7. The van der Waals surface area contributed by atoms with E-state index in [1.165, 1.54) is 0 Å². The Morgan fingerprint density at radius 3 is 3.27 bits per heavy atom. The number of aromatic nitrogens is 2. The Kier molecular flexibility index (Phi) is 3.01. The first-order chi connectivity index (χ1) is 7.31. The maximum absolute atomic E-state index is 11.5. The van der Waals surface area contributed by atoms with Gasteiger partial charge in [-0.15, -0.1) is 0 Å². The summed E-state index contributed by atoms with van der Waals surface area (Å²) in [6.07, 6.45) is 5.40. The first kappa shape index (κ1) is 10.2. The molecule has 0 saturated carbocycles. The summed E-state index contributed by atoms with van der Waals surface area (Å²) in [6, 6.07) is 0. The van der Waals surface area contributed by atoms with Crippen molar-refractivity contribution in [2.24, 2.45) is 11.7 Å². The second kappa shape index (κ2) is 4.44. The quantitative estimate of drug-likeness (QED) is 0.714.